The summed E-state index contributed by atoms with van der Waals surface area (Å²) in [6.07, 6.45) is 0.262. The quantitative estimate of drug-likeness (QED) is 0.579. The number of ether oxygens (including phenoxy) is 3. The van der Waals surface area contributed by atoms with E-state index >= 15 is 0 Å². The maximum absolute atomic E-state index is 12.0. The Balaban J connectivity index is 1.46. The number of rotatable bonds is 5. The van der Waals surface area contributed by atoms with E-state index in [0.717, 1.165) is 25.7 Å². The molecule has 0 aromatic carbocycles. The Kier molecular flexibility index (Phi) is 5.47. The molecule has 4 rings (SSSR count). The van der Waals surface area contributed by atoms with Gasteiger partial charge in [0, 0.05) is 5.41 Å². The number of hydrogen-bond donors (Lipinski definition) is 3. The van der Waals surface area contributed by atoms with Gasteiger partial charge in [0.25, 0.3) is 0 Å². The average Bonchev–Trinajstić information content (AvgIpc) is 3.45. The molecule has 166 valence electrons. The molecule has 0 amide bonds. The van der Waals surface area contributed by atoms with Gasteiger partial charge >= 0.3 is 6.16 Å². The molecule has 2 aromatic rings. The van der Waals surface area contributed by atoms with Crippen LogP contribution < -0.4 is 5.73 Å². The minimum atomic E-state index is -1.94. The molecule has 0 unspecified atom stereocenters. The first kappa shape index (κ1) is 21.3. The number of hydrogen-bond acceptors (Lipinski definition) is 10. The lowest BCUT2D eigenvalue weighted by molar-refractivity contribution is -0.0738. The maximum atomic E-state index is 12.0. The van der Waals surface area contributed by atoms with Crippen molar-refractivity contribution in [2.24, 2.45) is 5.41 Å². The number of aliphatic hydroxyl groups is 2. The van der Waals surface area contributed by atoms with Gasteiger partial charge in [0.15, 0.2) is 5.82 Å². The molecular formula is C20H25N5O6. The van der Waals surface area contributed by atoms with Crippen LogP contribution in [0.15, 0.2) is 18.5 Å². The lowest BCUT2D eigenvalue weighted by Gasteiger charge is -2.24. The second-order valence-corrected chi connectivity index (χ2v) is 8.47. The van der Waals surface area contributed by atoms with Crippen LogP contribution in [0.3, 0.4) is 0 Å². The van der Waals surface area contributed by atoms with E-state index in [1.807, 2.05) is 6.07 Å². The van der Waals surface area contributed by atoms with Crippen molar-refractivity contribution in [3.63, 3.8) is 0 Å². The van der Waals surface area contributed by atoms with Gasteiger partial charge in [-0.1, -0.05) is 19.8 Å². The van der Waals surface area contributed by atoms with Crippen molar-refractivity contribution in [2.75, 3.05) is 18.9 Å². The van der Waals surface area contributed by atoms with Crippen molar-refractivity contribution in [3.05, 3.63) is 24.2 Å². The topological polar surface area (TPSA) is 165 Å². The van der Waals surface area contributed by atoms with Crippen LogP contribution in [-0.4, -0.2) is 62.5 Å². The first-order chi connectivity index (χ1) is 14.8. The molecule has 0 spiro atoms. The average molecular weight is 431 g/mol. The molecule has 11 heteroatoms. The predicted octanol–water partition coefficient (Wildman–Crippen LogP) is 0.884. The number of anilines is 1. The number of carbonyl (C=O) groups excluding carboxylic acids is 1. The molecule has 4 atom stereocenters. The zero-order valence-corrected chi connectivity index (χ0v) is 17.1. The summed E-state index contributed by atoms with van der Waals surface area (Å²) in [6.45, 7) is 1.92. The number of aromatic nitrogens is 3. The zero-order valence-electron chi connectivity index (χ0n) is 17.1. The summed E-state index contributed by atoms with van der Waals surface area (Å²) in [5.74, 6) is 0.181. The molecule has 4 N–H and O–H groups in total. The Morgan fingerprint density at radius 2 is 2.13 bits per heavy atom. The summed E-state index contributed by atoms with van der Waals surface area (Å²) in [5.41, 5.74) is 4.43. The SMILES string of the molecule is CC1(COC(=O)OC[C@H]2O[C@@](C#N)(c3ccc4c(N)ncnn34)[C@H](O)[C@@H]2O)CCCC1. The number of nitriles is 1. The van der Waals surface area contributed by atoms with Crippen LogP contribution in [0.4, 0.5) is 10.6 Å². The molecule has 1 saturated carbocycles. The van der Waals surface area contributed by atoms with Crippen molar-refractivity contribution in [1.82, 2.24) is 14.6 Å². The molecule has 0 bridgehead atoms. The van der Waals surface area contributed by atoms with Gasteiger partial charge in [-0.2, -0.15) is 10.4 Å². The van der Waals surface area contributed by atoms with Crippen molar-refractivity contribution in [2.45, 2.75) is 56.5 Å². The minimum Gasteiger partial charge on any atom is -0.434 e. The Morgan fingerprint density at radius 1 is 1.39 bits per heavy atom. The van der Waals surface area contributed by atoms with Crippen LogP contribution in [0, 0.1) is 16.7 Å². The lowest BCUT2D eigenvalue weighted by Crippen LogP contribution is -2.41. The second kappa shape index (κ2) is 7.96. The van der Waals surface area contributed by atoms with E-state index in [9.17, 15) is 20.3 Å². The van der Waals surface area contributed by atoms with Gasteiger partial charge in [-0.15, -0.1) is 0 Å². The highest BCUT2D eigenvalue weighted by molar-refractivity contribution is 5.66. The van der Waals surface area contributed by atoms with Gasteiger partial charge in [-0.25, -0.2) is 14.3 Å². The van der Waals surface area contributed by atoms with Crippen LogP contribution in [-0.2, 0) is 19.8 Å². The Labute approximate surface area is 178 Å². The lowest BCUT2D eigenvalue weighted by atomic mass is 9.90. The van der Waals surface area contributed by atoms with Gasteiger partial charge in [-0.3, -0.25) is 0 Å². The standard InChI is InChI=1S/C20H25N5O6/c1-19(6-2-3-7-19)10-30-18(28)29-8-13-15(26)16(27)20(9-21,31-13)14-5-4-12-17(22)23-11-24-25(12)14/h4-5,11,13,15-16,26-27H,2-3,6-8,10H2,1H3,(H2,22,23,24)/t13-,15-,16-,20+/m1/s1. The van der Waals surface area contributed by atoms with Gasteiger partial charge in [0.05, 0.1) is 5.69 Å². The van der Waals surface area contributed by atoms with Crippen LogP contribution in [0.2, 0.25) is 0 Å². The third kappa shape index (κ3) is 3.67. The van der Waals surface area contributed by atoms with Gasteiger partial charge < -0.3 is 30.2 Å². The number of nitrogens with zero attached hydrogens (tertiary/aromatic N) is 4. The van der Waals surface area contributed by atoms with Crippen molar-refractivity contribution >= 4 is 17.5 Å². The highest BCUT2D eigenvalue weighted by Crippen LogP contribution is 2.41. The highest BCUT2D eigenvalue weighted by atomic mass is 16.7. The summed E-state index contributed by atoms with van der Waals surface area (Å²) in [4.78, 5) is 15.9. The Bertz CT molecular complexity index is 1010. The zero-order chi connectivity index (χ0) is 22.2. The number of carbonyl (C=O) groups is 1. The molecule has 1 aliphatic carbocycles. The third-order valence-corrected chi connectivity index (χ3v) is 6.20. The summed E-state index contributed by atoms with van der Waals surface area (Å²) in [7, 11) is 0. The number of fused-ring (bicyclic) bond motifs is 1. The summed E-state index contributed by atoms with van der Waals surface area (Å²) >= 11 is 0. The van der Waals surface area contributed by atoms with E-state index in [1.54, 1.807) is 6.07 Å². The molecule has 2 fully saturated rings. The first-order valence-corrected chi connectivity index (χ1v) is 10.1. The first-order valence-electron chi connectivity index (χ1n) is 10.1. The maximum Gasteiger partial charge on any atom is 0.508 e. The normalized spacial score (nSPS) is 29.7. The highest BCUT2D eigenvalue weighted by Gasteiger charge is 2.57. The van der Waals surface area contributed by atoms with E-state index in [0.29, 0.717) is 5.52 Å². The summed E-state index contributed by atoms with van der Waals surface area (Å²) < 4.78 is 17.4. The Hall–Kier alpha value is -2.94. The summed E-state index contributed by atoms with van der Waals surface area (Å²) in [6, 6.07) is 5.02. The van der Waals surface area contributed by atoms with E-state index in [2.05, 4.69) is 17.0 Å². The predicted molar refractivity (Wildman–Crippen MR) is 105 cm³/mol. The molecule has 0 radical (unpaired) electrons. The van der Waals surface area contributed by atoms with E-state index in [-0.39, 0.29) is 23.5 Å². The molecule has 1 saturated heterocycles. The van der Waals surface area contributed by atoms with E-state index < -0.39 is 36.7 Å². The van der Waals surface area contributed by atoms with Crippen LogP contribution in [0.25, 0.3) is 5.52 Å². The summed E-state index contributed by atoms with van der Waals surface area (Å²) in [5, 5.41) is 35.1. The van der Waals surface area contributed by atoms with Crippen molar-refractivity contribution in [1.29, 1.82) is 5.26 Å². The molecule has 31 heavy (non-hydrogen) atoms. The van der Waals surface area contributed by atoms with E-state index in [1.165, 1.54) is 16.9 Å². The van der Waals surface area contributed by atoms with Gasteiger partial charge in [-0.05, 0) is 25.0 Å². The van der Waals surface area contributed by atoms with E-state index in [4.69, 9.17) is 19.9 Å². The smallest absolute Gasteiger partial charge is 0.434 e. The molecule has 3 heterocycles. The van der Waals surface area contributed by atoms with Crippen molar-refractivity contribution in [3.8, 4) is 6.07 Å². The van der Waals surface area contributed by atoms with Crippen LogP contribution in [0.1, 0.15) is 38.3 Å². The van der Waals surface area contributed by atoms with Gasteiger partial charge in [0.2, 0.25) is 5.60 Å². The van der Waals surface area contributed by atoms with Gasteiger partial charge in [0.1, 0.15) is 49.4 Å². The monoisotopic (exact) mass is 431 g/mol. The third-order valence-electron chi connectivity index (χ3n) is 6.20. The molecule has 2 aromatic heterocycles. The second-order valence-electron chi connectivity index (χ2n) is 8.47. The van der Waals surface area contributed by atoms with Crippen LogP contribution >= 0.6 is 0 Å². The minimum absolute atomic E-state index is 0.0473. The molecule has 1 aliphatic heterocycles. The fourth-order valence-electron chi connectivity index (χ4n) is 4.35. The fraction of sp³-hybridized carbons (Fsp3) is 0.600. The number of nitrogens with two attached hydrogens (primary N) is 1. The Morgan fingerprint density at radius 3 is 2.84 bits per heavy atom. The molecular weight excluding hydrogens is 406 g/mol. The largest absolute Gasteiger partial charge is 0.508 e. The number of aliphatic hydroxyl groups excluding tert-OH is 2. The molecule has 2 aliphatic rings. The van der Waals surface area contributed by atoms with Crippen molar-refractivity contribution < 1.29 is 29.2 Å². The fourth-order valence-corrected chi connectivity index (χ4v) is 4.35. The number of nitrogen functional groups attached to an aromatic ring is 1. The van der Waals surface area contributed by atoms with Crippen LogP contribution in [0.5, 0.6) is 0 Å². The molecule has 11 nitrogen and oxygen atoms in total.